The number of aromatic nitrogens is 2. The second kappa shape index (κ2) is 5.24. The predicted octanol–water partition coefficient (Wildman–Crippen LogP) is -0.396. The molecule has 1 rings (SSSR count). The molecule has 7 heteroatoms. The fraction of sp³-hybridized carbons (Fsp3) is 0.400. The van der Waals surface area contributed by atoms with Crippen LogP contribution >= 0.6 is 0 Å². The summed E-state index contributed by atoms with van der Waals surface area (Å²) >= 11 is 0. The third-order valence-corrected chi connectivity index (χ3v) is 2.18. The van der Waals surface area contributed by atoms with Gasteiger partial charge in [-0.1, -0.05) is 0 Å². The molecule has 2 N–H and O–H groups in total. The van der Waals surface area contributed by atoms with Crippen LogP contribution in [-0.2, 0) is 11.3 Å². The van der Waals surface area contributed by atoms with E-state index in [-0.39, 0.29) is 24.9 Å². The third kappa shape index (κ3) is 3.40. The Kier molecular flexibility index (Phi) is 3.97. The van der Waals surface area contributed by atoms with Crippen molar-refractivity contribution in [2.75, 3.05) is 0 Å². The molecule has 1 heterocycles. The molecule has 0 bridgehead atoms. The molecule has 1 aromatic rings. The first kappa shape index (κ1) is 12.9. The predicted molar refractivity (Wildman–Crippen MR) is 58.2 cm³/mol. The van der Waals surface area contributed by atoms with Crippen molar-refractivity contribution >= 4 is 11.8 Å². The number of carboxylic acids is 1. The first-order chi connectivity index (χ1) is 7.91. The molecule has 17 heavy (non-hydrogen) atoms. The Morgan fingerprint density at radius 1 is 1.41 bits per heavy atom. The number of rotatable bonds is 5. The van der Waals surface area contributed by atoms with Gasteiger partial charge in [0.2, 0.25) is 0 Å². The average molecular weight is 240 g/mol. The van der Waals surface area contributed by atoms with Crippen LogP contribution in [0.3, 0.4) is 0 Å². The molecule has 0 amide bonds. The van der Waals surface area contributed by atoms with Crippen molar-refractivity contribution in [2.45, 2.75) is 26.3 Å². The molecule has 0 radical (unpaired) electrons. The van der Waals surface area contributed by atoms with Gasteiger partial charge in [0.15, 0.2) is 5.78 Å². The minimum atomic E-state index is -0.964. The minimum absolute atomic E-state index is 0.0824. The van der Waals surface area contributed by atoms with Gasteiger partial charge in [0.25, 0.3) is 5.56 Å². The normalized spacial score (nSPS) is 10.2. The molecule has 0 unspecified atom stereocenters. The number of aliphatic carboxylic acids is 1. The molecule has 1 aromatic heterocycles. The van der Waals surface area contributed by atoms with Crippen molar-refractivity contribution in [2.24, 2.45) is 0 Å². The number of aromatic amines is 1. The number of nitrogens with one attached hydrogen (secondary N) is 1. The Balaban J connectivity index is 2.96. The summed E-state index contributed by atoms with van der Waals surface area (Å²) in [6.45, 7) is 1.36. The summed E-state index contributed by atoms with van der Waals surface area (Å²) in [5.41, 5.74) is -1.48. The number of hydrogen-bond acceptors (Lipinski definition) is 4. The van der Waals surface area contributed by atoms with E-state index in [2.05, 4.69) is 0 Å². The highest BCUT2D eigenvalue weighted by Crippen LogP contribution is 1.95. The van der Waals surface area contributed by atoms with Crippen molar-refractivity contribution < 1.29 is 14.7 Å². The second-order valence-electron chi connectivity index (χ2n) is 3.55. The van der Waals surface area contributed by atoms with E-state index in [0.717, 1.165) is 10.8 Å². The fourth-order valence-electron chi connectivity index (χ4n) is 1.33. The monoisotopic (exact) mass is 240 g/mol. The molecule has 0 saturated heterocycles. The van der Waals surface area contributed by atoms with Crippen LogP contribution < -0.4 is 11.2 Å². The lowest BCUT2D eigenvalue weighted by atomic mass is 10.2. The molecule has 0 aliphatic heterocycles. The first-order valence-electron chi connectivity index (χ1n) is 4.98. The maximum Gasteiger partial charge on any atom is 0.328 e. The molecule has 0 aliphatic carbocycles. The van der Waals surface area contributed by atoms with Crippen LogP contribution in [0.2, 0.25) is 0 Å². The van der Waals surface area contributed by atoms with Crippen molar-refractivity contribution in [1.82, 2.24) is 9.55 Å². The van der Waals surface area contributed by atoms with E-state index in [1.54, 1.807) is 0 Å². The number of carbonyl (C=O) groups is 2. The van der Waals surface area contributed by atoms with Gasteiger partial charge in [-0.25, -0.2) is 4.79 Å². The Morgan fingerprint density at radius 2 is 2.06 bits per heavy atom. The van der Waals surface area contributed by atoms with Crippen LogP contribution in [0.15, 0.2) is 15.8 Å². The number of ketones is 1. The van der Waals surface area contributed by atoms with E-state index < -0.39 is 23.0 Å². The molecule has 92 valence electrons. The van der Waals surface area contributed by atoms with Crippen molar-refractivity contribution in [3.05, 3.63) is 32.6 Å². The van der Waals surface area contributed by atoms with Crippen LogP contribution in [0.25, 0.3) is 0 Å². The lowest BCUT2D eigenvalue weighted by Gasteiger charge is -2.04. The molecule has 7 nitrogen and oxygen atoms in total. The van der Waals surface area contributed by atoms with E-state index in [0.29, 0.717) is 0 Å². The van der Waals surface area contributed by atoms with E-state index in [9.17, 15) is 19.2 Å². The zero-order chi connectivity index (χ0) is 13.0. The van der Waals surface area contributed by atoms with Gasteiger partial charge in [0.1, 0.15) is 0 Å². The molecule has 0 fully saturated rings. The highest BCUT2D eigenvalue weighted by Gasteiger charge is 2.08. The SMILES string of the molecule is CC(=O)c1cn(CCCC(=O)O)c(=O)[nH]c1=O. The largest absolute Gasteiger partial charge is 0.481 e. The lowest BCUT2D eigenvalue weighted by molar-refractivity contribution is -0.137. The number of hydrogen-bond donors (Lipinski definition) is 2. The number of nitrogens with zero attached hydrogens (tertiary/aromatic N) is 1. The number of carboxylic acid groups (broad SMARTS) is 1. The summed E-state index contributed by atoms with van der Waals surface area (Å²) < 4.78 is 1.13. The van der Waals surface area contributed by atoms with Gasteiger partial charge in [-0.2, -0.15) is 0 Å². The number of aryl methyl sites for hydroxylation is 1. The summed E-state index contributed by atoms with van der Waals surface area (Å²) in [4.78, 5) is 46.0. The fourth-order valence-corrected chi connectivity index (χ4v) is 1.33. The molecule has 0 atom stereocenters. The minimum Gasteiger partial charge on any atom is -0.481 e. The van der Waals surface area contributed by atoms with Crippen LogP contribution in [0.4, 0.5) is 0 Å². The molecule has 0 aliphatic rings. The van der Waals surface area contributed by atoms with Crippen molar-refractivity contribution in [1.29, 1.82) is 0 Å². The van der Waals surface area contributed by atoms with E-state index in [4.69, 9.17) is 5.11 Å². The Morgan fingerprint density at radius 3 is 2.59 bits per heavy atom. The quantitative estimate of drug-likeness (QED) is 0.681. The van der Waals surface area contributed by atoms with Gasteiger partial charge in [0, 0.05) is 19.2 Å². The average Bonchev–Trinajstić information content (AvgIpc) is 2.20. The van der Waals surface area contributed by atoms with Gasteiger partial charge in [-0.05, 0) is 13.3 Å². The van der Waals surface area contributed by atoms with Crippen LogP contribution in [-0.4, -0.2) is 26.4 Å². The highest BCUT2D eigenvalue weighted by molar-refractivity contribution is 5.93. The summed E-state index contributed by atoms with van der Waals surface area (Å²) in [5.74, 6) is -1.41. The molecule has 0 aromatic carbocycles. The van der Waals surface area contributed by atoms with Gasteiger partial charge in [-0.15, -0.1) is 0 Å². The lowest BCUT2D eigenvalue weighted by Crippen LogP contribution is -2.33. The molecule has 0 spiro atoms. The third-order valence-electron chi connectivity index (χ3n) is 2.18. The van der Waals surface area contributed by atoms with Crippen LogP contribution in [0, 0.1) is 0 Å². The zero-order valence-corrected chi connectivity index (χ0v) is 9.23. The van der Waals surface area contributed by atoms with Gasteiger partial charge in [0.05, 0.1) is 5.56 Å². The van der Waals surface area contributed by atoms with Crippen LogP contribution in [0.1, 0.15) is 30.1 Å². The Bertz CT molecular complexity index is 555. The molecular weight excluding hydrogens is 228 g/mol. The first-order valence-corrected chi connectivity index (χ1v) is 4.98. The van der Waals surface area contributed by atoms with Crippen molar-refractivity contribution in [3.8, 4) is 0 Å². The van der Waals surface area contributed by atoms with E-state index in [1.807, 2.05) is 4.98 Å². The van der Waals surface area contributed by atoms with Crippen molar-refractivity contribution in [3.63, 3.8) is 0 Å². The topological polar surface area (TPSA) is 109 Å². The number of carbonyl (C=O) groups excluding carboxylic acids is 1. The van der Waals surface area contributed by atoms with Crippen LogP contribution in [0.5, 0.6) is 0 Å². The molecular formula is C10H12N2O5. The Hall–Kier alpha value is -2.18. The van der Waals surface area contributed by atoms with Gasteiger partial charge < -0.3 is 5.11 Å². The number of H-pyrrole nitrogens is 1. The molecule has 0 saturated carbocycles. The maximum atomic E-state index is 11.3. The summed E-state index contributed by atoms with van der Waals surface area (Å²) in [6, 6.07) is 0. The summed E-state index contributed by atoms with van der Waals surface area (Å²) in [5, 5.41) is 8.45. The highest BCUT2D eigenvalue weighted by atomic mass is 16.4. The standard InChI is InChI=1S/C10H12N2O5/c1-6(13)7-5-12(4-2-3-8(14)15)10(17)11-9(7)16/h5H,2-4H2,1H3,(H,14,15)(H,11,16,17). The van der Waals surface area contributed by atoms with Gasteiger partial charge >= 0.3 is 11.7 Å². The van der Waals surface area contributed by atoms with Gasteiger partial charge in [-0.3, -0.25) is 23.9 Å². The summed E-state index contributed by atoms with van der Waals surface area (Å²) in [6.07, 6.45) is 1.32. The Labute approximate surface area is 95.7 Å². The van der Waals surface area contributed by atoms with E-state index >= 15 is 0 Å². The maximum absolute atomic E-state index is 11.3. The number of Topliss-reactive ketones (excluding diaryl/α,β-unsaturated/α-hetero) is 1. The smallest absolute Gasteiger partial charge is 0.328 e. The summed E-state index contributed by atoms with van der Waals surface area (Å²) in [7, 11) is 0. The van der Waals surface area contributed by atoms with E-state index in [1.165, 1.54) is 6.92 Å². The zero-order valence-electron chi connectivity index (χ0n) is 9.23. The second-order valence-corrected chi connectivity index (χ2v) is 3.55.